The molecule has 0 aromatic heterocycles. The molecular formula is C23H27NO6. The summed E-state index contributed by atoms with van der Waals surface area (Å²) in [6.07, 6.45) is -3.05. The Hall–Kier alpha value is -2.29. The first kappa shape index (κ1) is 21.0. The maximum Gasteiger partial charge on any atom is 0.217 e. The van der Waals surface area contributed by atoms with Gasteiger partial charge in [0.2, 0.25) is 5.91 Å². The summed E-state index contributed by atoms with van der Waals surface area (Å²) < 4.78 is 24.0. The largest absolute Gasteiger partial charge is 0.388 e. The van der Waals surface area contributed by atoms with Gasteiger partial charge in [-0.15, -0.1) is 0 Å². The Morgan fingerprint density at radius 1 is 1.10 bits per heavy atom. The third kappa shape index (κ3) is 5.06. The van der Waals surface area contributed by atoms with E-state index in [-0.39, 0.29) is 12.5 Å². The van der Waals surface area contributed by atoms with E-state index in [0.29, 0.717) is 13.0 Å². The summed E-state index contributed by atoms with van der Waals surface area (Å²) in [6.45, 7) is 2.03. The van der Waals surface area contributed by atoms with Crippen LogP contribution in [0.1, 0.15) is 30.8 Å². The molecule has 2 heterocycles. The van der Waals surface area contributed by atoms with E-state index in [9.17, 15) is 9.90 Å². The van der Waals surface area contributed by atoms with E-state index in [1.807, 2.05) is 60.7 Å². The van der Waals surface area contributed by atoms with Crippen LogP contribution in [0.4, 0.5) is 0 Å². The zero-order valence-corrected chi connectivity index (χ0v) is 16.8. The Kier molecular flexibility index (Phi) is 6.76. The summed E-state index contributed by atoms with van der Waals surface area (Å²) in [6, 6.07) is 18.8. The molecule has 2 N–H and O–H groups in total. The van der Waals surface area contributed by atoms with Crippen molar-refractivity contribution >= 4 is 5.91 Å². The predicted molar refractivity (Wildman–Crippen MR) is 108 cm³/mol. The summed E-state index contributed by atoms with van der Waals surface area (Å²) in [5.41, 5.74) is 1.87. The van der Waals surface area contributed by atoms with Crippen molar-refractivity contribution in [3.05, 3.63) is 71.8 Å². The zero-order chi connectivity index (χ0) is 20.9. The Bertz CT molecular complexity index is 817. The first-order valence-corrected chi connectivity index (χ1v) is 10.2. The molecule has 0 saturated carbocycles. The van der Waals surface area contributed by atoms with Gasteiger partial charge >= 0.3 is 0 Å². The molecule has 6 unspecified atom stereocenters. The minimum absolute atomic E-state index is 0.231. The van der Waals surface area contributed by atoms with Gasteiger partial charge < -0.3 is 29.4 Å². The second-order valence-corrected chi connectivity index (χ2v) is 7.61. The van der Waals surface area contributed by atoms with Gasteiger partial charge in [0.15, 0.2) is 12.6 Å². The lowest BCUT2D eigenvalue weighted by molar-refractivity contribution is -0.300. The Morgan fingerprint density at radius 2 is 1.80 bits per heavy atom. The van der Waals surface area contributed by atoms with Gasteiger partial charge in [-0.05, 0) is 5.56 Å². The molecule has 0 radical (unpaired) electrons. The smallest absolute Gasteiger partial charge is 0.217 e. The van der Waals surface area contributed by atoms with Crippen molar-refractivity contribution in [2.75, 3.05) is 6.61 Å². The molecule has 2 aromatic carbocycles. The molecule has 6 atom stereocenters. The summed E-state index contributed by atoms with van der Waals surface area (Å²) in [4.78, 5) is 11.7. The number of rotatable bonds is 5. The fourth-order valence-electron chi connectivity index (χ4n) is 3.85. The number of hydrogen-bond donors (Lipinski definition) is 2. The van der Waals surface area contributed by atoms with Crippen molar-refractivity contribution < 1.29 is 28.8 Å². The number of fused-ring (bicyclic) bond motifs is 1. The predicted octanol–water partition coefficient (Wildman–Crippen LogP) is 2.30. The average Bonchev–Trinajstić information content (AvgIpc) is 2.89. The van der Waals surface area contributed by atoms with Crippen LogP contribution in [-0.2, 0) is 30.3 Å². The standard InChI is InChI=1S/C23H27NO6/c1-15(25)24-18-12-20(27-13-16-8-4-2-5-9-16)29-19-14-28-23(30-22(19)21(18)26)17-10-6-3-7-11-17/h2-11,18-23,26H,12-14H2,1H3,(H,24,25). The van der Waals surface area contributed by atoms with Crippen LogP contribution >= 0.6 is 0 Å². The lowest BCUT2D eigenvalue weighted by Gasteiger charge is -2.38. The van der Waals surface area contributed by atoms with Crippen LogP contribution < -0.4 is 5.32 Å². The van der Waals surface area contributed by atoms with Crippen molar-refractivity contribution in [1.82, 2.24) is 5.32 Å². The van der Waals surface area contributed by atoms with Crippen molar-refractivity contribution in [2.45, 2.75) is 56.9 Å². The maximum atomic E-state index is 11.7. The van der Waals surface area contributed by atoms with Crippen molar-refractivity contribution in [3.8, 4) is 0 Å². The topological polar surface area (TPSA) is 86.3 Å². The van der Waals surface area contributed by atoms with Crippen LogP contribution in [0.25, 0.3) is 0 Å². The molecule has 30 heavy (non-hydrogen) atoms. The van der Waals surface area contributed by atoms with Crippen LogP contribution in [0.2, 0.25) is 0 Å². The van der Waals surface area contributed by atoms with Gasteiger partial charge in [-0.3, -0.25) is 4.79 Å². The van der Waals surface area contributed by atoms with Gasteiger partial charge in [0.1, 0.15) is 18.3 Å². The fraction of sp³-hybridized carbons (Fsp3) is 0.435. The lowest BCUT2D eigenvalue weighted by atomic mass is 9.99. The molecule has 0 aliphatic carbocycles. The van der Waals surface area contributed by atoms with Gasteiger partial charge in [0, 0.05) is 18.9 Å². The molecule has 2 saturated heterocycles. The van der Waals surface area contributed by atoms with E-state index in [2.05, 4.69) is 5.32 Å². The highest BCUT2D eigenvalue weighted by atomic mass is 16.7. The van der Waals surface area contributed by atoms with Crippen molar-refractivity contribution in [1.29, 1.82) is 0 Å². The zero-order valence-electron chi connectivity index (χ0n) is 16.8. The second kappa shape index (κ2) is 9.68. The number of ether oxygens (including phenoxy) is 4. The highest BCUT2D eigenvalue weighted by molar-refractivity contribution is 5.73. The SMILES string of the molecule is CC(=O)NC1CC(OCc2ccccc2)OC2COC(c3ccccc3)OC2C1O. The van der Waals surface area contributed by atoms with Gasteiger partial charge in [0.05, 0.1) is 19.3 Å². The Balaban J connectivity index is 1.49. The molecule has 1 amide bonds. The molecule has 2 aliphatic heterocycles. The van der Waals surface area contributed by atoms with Gasteiger partial charge in [-0.1, -0.05) is 60.7 Å². The van der Waals surface area contributed by atoms with E-state index >= 15 is 0 Å². The van der Waals surface area contributed by atoms with Crippen molar-refractivity contribution in [2.24, 2.45) is 0 Å². The molecule has 160 valence electrons. The van der Waals surface area contributed by atoms with Gasteiger partial charge in [-0.2, -0.15) is 0 Å². The molecule has 7 nitrogen and oxygen atoms in total. The molecule has 0 spiro atoms. The molecular weight excluding hydrogens is 386 g/mol. The number of aliphatic hydroxyl groups is 1. The molecule has 2 fully saturated rings. The number of nitrogens with one attached hydrogen (secondary N) is 1. The van der Waals surface area contributed by atoms with Crippen LogP contribution in [-0.4, -0.2) is 48.3 Å². The van der Waals surface area contributed by atoms with Crippen LogP contribution in [0, 0.1) is 0 Å². The molecule has 2 aromatic rings. The van der Waals surface area contributed by atoms with Crippen molar-refractivity contribution in [3.63, 3.8) is 0 Å². The van der Waals surface area contributed by atoms with E-state index in [1.54, 1.807) is 0 Å². The minimum atomic E-state index is -0.959. The third-order valence-corrected chi connectivity index (χ3v) is 5.32. The normalized spacial score (nSPS) is 31.4. The highest BCUT2D eigenvalue weighted by Gasteiger charge is 2.46. The molecule has 2 aliphatic rings. The monoisotopic (exact) mass is 413 g/mol. The number of carbonyl (C=O) groups excluding carboxylic acids is 1. The second-order valence-electron chi connectivity index (χ2n) is 7.61. The average molecular weight is 413 g/mol. The Morgan fingerprint density at radius 3 is 2.50 bits per heavy atom. The maximum absolute atomic E-state index is 11.7. The van der Waals surface area contributed by atoms with E-state index < -0.39 is 36.9 Å². The number of benzene rings is 2. The highest BCUT2D eigenvalue weighted by Crippen LogP contribution is 2.33. The molecule has 7 heteroatoms. The third-order valence-electron chi connectivity index (χ3n) is 5.32. The van der Waals surface area contributed by atoms with E-state index in [4.69, 9.17) is 18.9 Å². The summed E-state index contributed by atoms with van der Waals surface area (Å²) >= 11 is 0. The van der Waals surface area contributed by atoms with Crippen LogP contribution in [0.3, 0.4) is 0 Å². The van der Waals surface area contributed by atoms with Crippen LogP contribution in [0.15, 0.2) is 60.7 Å². The lowest BCUT2D eigenvalue weighted by Crippen LogP contribution is -2.54. The fourth-order valence-corrected chi connectivity index (χ4v) is 3.85. The first-order chi connectivity index (χ1) is 14.6. The number of carbonyl (C=O) groups is 1. The molecule has 0 bridgehead atoms. The number of aliphatic hydroxyl groups excluding tert-OH is 1. The van der Waals surface area contributed by atoms with Gasteiger partial charge in [0.25, 0.3) is 0 Å². The summed E-state index contributed by atoms with van der Waals surface area (Å²) in [5.74, 6) is -0.231. The minimum Gasteiger partial charge on any atom is -0.388 e. The summed E-state index contributed by atoms with van der Waals surface area (Å²) in [7, 11) is 0. The summed E-state index contributed by atoms with van der Waals surface area (Å²) in [5, 5.41) is 13.8. The quantitative estimate of drug-likeness (QED) is 0.782. The number of hydrogen-bond acceptors (Lipinski definition) is 6. The molecule has 4 rings (SSSR count). The Labute approximate surface area is 175 Å². The first-order valence-electron chi connectivity index (χ1n) is 10.2. The van der Waals surface area contributed by atoms with E-state index in [0.717, 1.165) is 11.1 Å². The number of amides is 1. The van der Waals surface area contributed by atoms with E-state index in [1.165, 1.54) is 6.92 Å². The van der Waals surface area contributed by atoms with Gasteiger partial charge in [-0.25, -0.2) is 0 Å². The van der Waals surface area contributed by atoms with Crippen LogP contribution in [0.5, 0.6) is 0 Å².